The van der Waals surface area contributed by atoms with Gasteiger partial charge >= 0.3 is 5.97 Å². The monoisotopic (exact) mass is 319 g/mol. The van der Waals surface area contributed by atoms with E-state index in [0.717, 1.165) is 6.42 Å². The number of rotatable bonds is 6. The van der Waals surface area contributed by atoms with Gasteiger partial charge < -0.3 is 14.5 Å². The maximum absolute atomic E-state index is 12.9. The van der Waals surface area contributed by atoms with Crippen LogP contribution in [0.15, 0.2) is 40.8 Å². The van der Waals surface area contributed by atoms with Crippen LogP contribution < -0.4 is 5.32 Å². The molecule has 6 heteroatoms. The van der Waals surface area contributed by atoms with Gasteiger partial charge in [0, 0.05) is 12.1 Å². The molecule has 1 heterocycles. The largest absolute Gasteiger partial charge is 0.449 e. The molecule has 1 N–H and O–H groups in total. The normalized spacial score (nSPS) is 11.8. The van der Waals surface area contributed by atoms with E-state index in [1.54, 1.807) is 18.2 Å². The van der Waals surface area contributed by atoms with E-state index in [-0.39, 0.29) is 17.5 Å². The van der Waals surface area contributed by atoms with Crippen molar-refractivity contribution in [2.24, 2.45) is 0 Å². The van der Waals surface area contributed by atoms with Crippen molar-refractivity contribution in [2.75, 3.05) is 6.54 Å². The van der Waals surface area contributed by atoms with Gasteiger partial charge in [0.05, 0.1) is 0 Å². The highest BCUT2D eigenvalue weighted by molar-refractivity contribution is 5.90. The summed E-state index contributed by atoms with van der Waals surface area (Å²) in [6.45, 7) is 3.94. The number of nitrogens with one attached hydrogen (secondary N) is 1. The Kier molecular flexibility index (Phi) is 5.51. The van der Waals surface area contributed by atoms with Crippen molar-refractivity contribution in [3.63, 3.8) is 0 Å². The van der Waals surface area contributed by atoms with E-state index in [9.17, 15) is 14.0 Å². The summed E-state index contributed by atoms with van der Waals surface area (Å²) < 4.78 is 23.4. The lowest BCUT2D eigenvalue weighted by atomic mass is 10.2. The zero-order valence-corrected chi connectivity index (χ0v) is 13.0. The molecule has 1 aromatic carbocycles. The lowest BCUT2D eigenvalue weighted by Gasteiger charge is -2.11. The summed E-state index contributed by atoms with van der Waals surface area (Å²) in [7, 11) is 0. The first-order valence-corrected chi connectivity index (χ1v) is 7.35. The topological polar surface area (TPSA) is 68.5 Å². The molecule has 0 spiro atoms. The molecule has 1 aromatic heterocycles. The van der Waals surface area contributed by atoms with Gasteiger partial charge in [-0.25, -0.2) is 9.18 Å². The Balaban J connectivity index is 2.01. The second kappa shape index (κ2) is 7.58. The minimum Gasteiger partial charge on any atom is -0.449 e. The Bertz CT molecular complexity index is 678. The van der Waals surface area contributed by atoms with Crippen LogP contribution in [0.1, 0.15) is 30.8 Å². The van der Waals surface area contributed by atoms with E-state index in [1.165, 1.54) is 25.1 Å². The number of halogens is 1. The molecule has 0 unspecified atom stereocenters. The third-order valence-electron chi connectivity index (χ3n) is 3.14. The Hall–Kier alpha value is -2.63. The van der Waals surface area contributed by atoms with E-state index in [4.69, 9.17) is 9.15 Å². The van der Waals surface area contributed by atoms with Crippen LogP contribution in [-0.4, -0.2) is 24.5 Å². The lowest BCUT2D eigenvalue weighted by Crippen LogP contribution is -2.36. The molecule has 23 heavy (non-hydrogen) atoms. The molecule has 1 atom stereocenters. The molecule has 0 fully saturated rings. The predicted octanol–water partition coefficient (Wildman–Crippen LogP) is 3.16. The molecule has 0 aliphatic rings. The molecule has 0 bridgehead atoms. The summed E-state index contributed by atoms with van der Waals surface area (Å²) in [6.07, 6.45) is -0.112. The van der Waals surface area contributed by atoms with E-state index < -0.39 is 12.1 Å². The fourth-order valence-electron chi connectivity index (χ4n) is 1.88. The second-order valence-corrected chi connectivity index (χ2v) is 5.01. The molecule has 0 aliphatic heterocycles. The summed E-state index contributed by atoms with van der Waals surface area (Å²) in [6, 6.07) is 8.74. The number of carbonyl (C=O) groups excluding carboxylic acids is 2. The maximum Gasteiger partial charge on any atom is 0.375 e. The molecule has 2 rings (SSSR count). The Morgan fingerprint density at radius 3 is 2.57 bits per heavy atom. The van der Waals surface area contributed by atoms with Gasteiger partial charge in [-0.05, 0) is 49.7 Å². The van der Waals surface area contributed by atoms with Gasteiger partial charge in [-0.3, -0.25) is 4.79 Å². The zero-order valence-electron chi connectivity index (χ0n) is 13.0. The quantitative estimate of drug-likeness (QED) is 0.831. The van der Waals surface area contributed by atoms with Gasteiger partial charge in [0.15, 0.2) is 6.10 Å². The highest BCUT2D eigenvalue weighted by Gasteiger charge is 2.21. The third-order valence-corrected chi connectivity index (χ3v) is 3.14. The van der Waals surface area contributed by atoms with Crippen molar-refractivity contribution in [3.8, 4) is 11.3 Å². The number of carbonyl (C=O) groups is 2. The number of esters is 1. The number of ether oxygens (including phenoxy) is 1. The molecule has 5 nitrogen and oxygen atoms in total. The highest BCUT2D eigenvalue weighted by Crippen LogP contribution is 2.23. The Morgan fingerprint density at radius 1 is 1.22 bits per heavy atom. The average molecular weight is 319 g/mol. The summed E-state index contributed by atoms with van der Waals surface area (Å²) in [4.78, 5) is 23.6. The van der Waals surface area contributed by atoms with Crippen LogP contribution in [0.4, 0.5) is 4.39 Å². The Morgan fingerprint density at radius 2 is 1.91 bits per heavy atom. The second-order valence-electron chi connectivity index (χ2n) is 5.01. The minimum atomic E-state index is -0.909. The van der Waals surface area contributed by atoms with Gasteiger partial charge in [0.25, 0.3) is 5.91 Å². The third kappa shape index (κ3) is 4.42. The van der Waals surface area contributed by atoms with Crippen LogP contribution in [0.25, 0.3) is 11.3 Å². The van der Waals surface area contributed by atoms with Crippen molar-refractivity contribution >= 4 is 11.9 Å². The molecule has 0 saturated carbocycles. The number of furan rings is 1. The van der Waals surface area contributed by atoms with Gasteiger partial charge in [-0.2, -0.15) is 0 Å². The highest BCUT2D eigenvalue weighted by atomic mass is 19.1. The van der Waals surface area contributed by atoms with Gasteiger partial charge in [-0.1, -0.05) is 6.92 Å². The van der Waals surface area contributed by atoms with Crippen LogP contribution in [-0.2, 0) is 9.53 Å². The molecular formula is C17H18FNO4. The summed E-state index contributed by atoms with van der Waals surface area (Å²) >= 11 is 0. The molecule has 0 radical (unpaired) electrons. The van der Waals surface area contributed by atoms with E-state index >= 15 is 0 Å². The van der Waals surface area contributed by atoms with Crippen LogP contribution in [0.5, 0.6) is 0 Å². The minimum absolute atomic E-state index is 0.0144. The molecule has 1 amide bonds. The smallest absolute Gasteiger partial charge is 0.375 e. The summed E-state index contributed by atoms with van der Waals surface area (Å²) in [5.74, 6) is -1.03. The van der Waals surface area contributed by atoms with Gasteiger partial charge in [0.2, 0.25) is 5.76 Å². The number of hydrogen-bond donors (Lipinski definition) is 1. The standard InChI is InChI=1S/C17H18FNO4/c1-3-10-19-16(20)11(2)22-17(21)15-9-8-14(23-15)12-4-6-13(18)7-5-12/h4-9,11H,3,10H2,1-2H3,(H,19,20)/t11-/m1/s1. The molecule has 0 saturated heterocycles. The molecule has 2 aromatic rings. The van der Waals surface area contributed by atoms with Crippen LogP contribution in [0.2, 0.25) is 0 Å². The Labute approximate surface area is 133 Å². The van der Waals surface area contributed by atoms with Gasteiger partial charge in [-0.15, -0.1) is 0 Å². The number of benzene rings is 1. The molecule has 0 aliphatic carbocycles. The molecular weight excluding hydrogens is 301 g/mol. The lowest BCUT2D eigenvalue weighted by molar-refractivity contribution is -0.129. The average Bonchev–Trinajstić information content (AvgIpc) is 3.03. The van der Waals surface area contributed by atoms with Gasteiger partial charge in [0.1, 0.15) is 11.6 Å². The van der Waals surface area contributed by atoms with Crippen LogP contribution >= 0.6 is 0 Å². The first-order valence-electron chi connectivity index (χ1n) is 7.35. The summed E-state index contributed by atoms with van der Waals surface area (Å²) in [5.41, 5.74) is 0.638. The molecule has 122 valence electrons. The van der Waals surface area contributed by atoms with E-state index in [0.29, 0.717) is 17.9 Å². The fourth-order valence-corrected chi connectivity index (χ4v) is 1.88. The van der Waals surface area contributed by atoms with Crippen molar-refractivity contribution in [1.29, 1.82) is 0 Å². The SMILES string of the molecule is CCCNC(=O)[C@@H](C)OC(=O)c1ccc(-c2ccc(F)cc2)o1. The van der Waals surface area contributed by atoms with Crippen LogP contribution in [0.3, 0.4) is 0 Å². The van der Waals surface area contributed by atoms with Crippen molar-refractivity contribution in [2.45, 2.75) is 26.4 Å². The number of hydrogen-bond acceptors (Lipinski definition) is 4. The predicted molar refractivity (Wildman–Crippen MR) is 82.3 cm³/mol. The number of amides is 1. The van der Waals surface area contributed by atoms with Crippen molar-refractivity contribution in [3.05, 3.63) is 48.0 Å². The summed E-state index contributed by atoms with van der Waals surface area (Å²) in [5, 5.41) is 2.64. The maximum atomic E-state index is 12.9. The van der Waals surface area contributed by atoms with E-state index in [1.807, 2.05) is 6.92 Å². The van der Waals surface area contributed by atoms with Crippen LogP contribution in [0, 0.1) is 5.82 Å². The first-order chi connectivity index (χ1) is 11.0. The van der Waals surface area contributed by atoms with E-state index in [2.05, 4.69) is 5.32 Å². The fraction of sp³-hybridized carbons (Fsp3) is 0.294. The van der Waals surface area contributed by atoms with Crippen molar-refractivity contribution in [1.82, 2.24) is 5.32 Å². The van der Waals surface area contributed by atoms with Crippen molar-refractivity contribution < 1.29 is 23.1 Å². The zero-order chi connectivity index (χ0) is 16.8. The first kappa shape index (κ1) is 16.7.